The molecule has 0 aromatic heterocycles. The maximum Gasteiger partial charge on any atom is 0.264 e. The van der Waals surface area contributed by atoms with Gasteiger partial charge in [-0.2, -0.15) is 0 Å². The summed E-state index contributed by atoms with van der Waals surface area (Å²) in [6.07, 6.45) is 5.76. The van der Waals surface area contributed by atoms with Gasteiger partial charge < -0.3 is 10.2 Å². The van der Waals surface area contributed by atoms with Crippen LogP contribution in [0, 0.1) is 0 Å². The highest BCUT2D eigenvalue weighted by Crippen LogP contribution is 2.24. The van der Waals surface area contributed by atoms with Crippen LogP contribution >= 0.6 is 0 Å². The van der Waals surface area contributed by atoms with Crippen LogP contribution in [-0.4, -0.2) is 50.3 Å². The molecule has 0 radical (unpaired) electrons. The Bertz CT molecular complexity index is 1310. The molecule has 39 heavy (non-hydrogen) atoms. The molecule has 1 aliphatic rings. The number of benzene rings is 3. The Balaban J connectivity index is 1.60. The zero-order valence-electron chi connectivity index (χ0n) is 22.4. The lowest BCUT2D eigenvalue weighted by Gasteiger charge is -2.33. The van der Waals surface area contributed by atoms with E-state index in [0.717, 1.165) is 35.6 Å². The van der Waals surface area contributed by atoms with Crippen LogP contribution in [0.25, 0.3) is 0 Å². The Kier molecular flexibility index (Phi) is 9.76. The number of nitrogens with zero attached hydrogens (tertiary/aromatic N) is 2. The Morgan fingerprint density at radius 1 is 0.846 bits per heavy atom. The predicted molar refractivity (Wildman–Crippen MR) is 154 cm³/mol. The van der Waals surface area contributed by atoms with E-state index in [1.807, 2.05) is 30.3 Å². The first-order valence-corrected chi connectivity index (χ1v) is 15.1. The second-order valence-electron chi connectivity index (χ2n) is 10.0. The monoisotopic (exact) mass is 547 g/mol. The van der Waals surface area contributed by atoms with E-state index in [9.17, 15) is 18.0 Å². The van der Waals surface area contributed by atoms with Crippen molar-refractivity contribution < 1.29 is 18.0 Å². The summed E-state index contributed by atoms with van der Waals surface area (Å²) in [5.74, 6) is -0.638. The third-order valence-electron chi connectivity index (χ3n) is 7.26. The van der Waals surface area contributed by atoms with Gasteiger partial charge in [-0.05, 0) is 56.0 Å². The molecule has 1 fully saturated rings. The van der Waals surface area contributed by atoms with E-state index in [0.29, 0.717) is 12.1 Å². The number of amides is 2. The largest absolute Gasteiger partial charge is 0.352 e. The average Bonchev–Trinajstić information content (AvgIpc) is 2.97. The minimum atomic E-state index is -4.03. The van der Waals surface area contributed by atoms with Crippen molar-refractivity contribution in [3.8, 4) is 0 Å². The molecule has 4 rings (SSSR count). The van der Waals surface area contributed by atoms with E-state index < -0.39 is 28.5 Å². The van der Waals surface area contributed by atoms with Crippen LogP contribution in [-0.2, 0) is 26.0 Å². The van der Waals surface area contributed by atoms with Gasteiger partial charge in [0.15, 0.2) is 0 Å². The van der Waals surface area contributed by atoms with Crippen molar-refractivity contribution in [2.24, 2.45) is 0 Å². The van der Waals surface area contributed by atoms with Crippen molar-refractivity contribution in [1.82, 2.24) is 10.2 Å². The van der Waals surface area contributed by atoms with Crippen LogP contribution in [0.3, 0.4) is 0 Å². The minimum Gasteiger partial charge on any atom is -0.352 e. The van der Waals surface area contributed by atoms with Crippen molar-refractivity contribution in [2.45, 2.75) is 62.4 Å². The van der Waals surface area contributed by atoms with Gasteiger partial charge in [-0.25, -0.2) is 8.42 Å². The number of carbonyl (C=O) groups is 2. The fourth-order valence-electron chi connectivity index (χ4n) is 4.98. The van der Waals surface area contributed by atoms with E-state index in [4.69, 9.17) is 0 Å². The average molecular weight is 548 g/mol. The van der Waals surface area contributed by atoms with Gasteiger partial charge in [0, 0.05) is 12.6 Å². The van der Waals surface area contributed by atoms with Crippen LogP contribution in [0.2, 0.25) is 0 Å². The normalized spacial score (nSPS) is 14.8. The van der Waals surface area contributed by atoms with Gasteiger partial charge in [0.2, 0.25) is 11.8 Å². The summed E-state index contributed by atoms with van der Waals surface area (Å²) in [6.45, 7) is 1.59. The zero-order chi connectivity index (χ0) is 27.7. The van der Waals surface area contributed by atoms with Gasteiger partial charge in [-0.3, -0.25) is 13.9 Å². The lowest BCUT2D eigenvalue weighted by molar-refractivity contribution is -0.139. The van der Waals surface area contributed by atoms with Crippen LogP contribution in [0.4, 0.5) is 5.69 Å². The molecule has 7 nitrogen and oxygen atoms in total. The highest BCUT2D eigenvalue weighted by molar-refractivity contribution is 7.92. The highest BCUT2D eigenvalue weighted by atomic mass is 32.2. The SMILES string of the molecule is C[C@H](C(=O)NC1CCCCC1)N(CCc1ccccc1)C(=O)CN(c1ccccc1)S(=O)(=O)c1ccccc1. The fourth-order valence-corrected chi connectivity index (χ4v) is 6.42. The number of hydrogen-bond donors (Lipinski definition) is 1. The summed E-state index contributed by atoms with van der Waals surface area (Å²) in [4.78, 5) is 28.8. The molecular weight excluding hydrogens is 510 g/mol. The summed E-state index contributed by atoms with van der Waals surface area (Å²) in [6, 6.07) is 25.8. The maximum absolute atomic E-state index is 13.9. The number of hydrogen-bond acceptors (Lipinski definition) is 4. The van der Waals surface area contributed by atoms with Crippen molar-refractivity contribution in [2.75, 3.05) is 17.4 Å². The molecule has 0 unspecified atom stereocenters. The van der Waals surface area contributed by atoms with Gasteiger partial charge in [-0.1, -0.05) is 86.0 Å². The number of anilines is 1. The molecule has 8 heteroatoms. The Morgan fingerprint density at radius 3 is 2.03 bits per heavy atom. The predicted octanol–water partition coefficient (Wildman–Crippen LogP) is 4.79. The molecule has 0 heterocycles. The van der Waals surface area contributed by atoms with E-state index in [-0.39, 0.29) is 23.4 Å². The van der Waals surface area contributed by atoms with Gasteiger partial charge in [0.25, 0.3) is 10.0 Å². The Hall–Kier alpha value is -3.65. The molecule has 3 aromatic carbocycles. The second-order valence-corrected chi connectivity index (χ2v) is 11.9. The molecule has 2 amide bonds. The molecular formula is C31H37N3O4S. The highest BCUT2D eigenvalue weighted by Gasteiger charge is 2.32. The lowest BCUT2D eigenvalue weighted by atomic mass is 9.95. The topological polar surface area (TPSA) is 86.8 Å². The summed E-state index contributed by atoms with van der Waals surface area (Å²) in [7, 11) is -4.03. The number of carbonyl (C=O) groups excluding carboxylic acids is 2. The first-order chi connectivity index (χ1) is 18.9. The standard InChI is InChI=1S/C31H37N3O4S/c1-25(31(36)32-27-16-8-3-9-17-27)33(23-22-26-14-6-2-7-15-26)30(35)24-34(28-18-10-4-11-19-28)39(37,38)29-20-12-5-13-21-29/h2,4-7,10-15,18-21,25,27H,3,8-9,16-17,22-24H2,1H3,(H,32,36)/t25-/m1/s1. The molecule has 0 spiro atoms. The van der Waals surface area contributed by atoms with Crippen molar-refractivity contribution >= 4 is 27.5 Å². The molecule has 1 aliphatic carbocycles. The number of para-hydroxylation sites is 1. The molecule has 0 saturated heterocycles. The summed E-state index contributed by atoms with van der Waals surface area (Å²) < 4.78 is 28.6. The van der Waals surface area contributed by atoms with Crippen LogP contribution in [0.5, 0.6) is 0 Å². The van der Waals surface area contributed by atoms with Gasteiger partial charge >= 0.3 is 0 Å². The smallest absolute Gasteiger partial charge is 0.264 e. The maximum atomic E-state index is 13.9. The van der Waals surface area contributed by atoms with Crippen molar-refractivity contribution in [3.05, 3.63) is 96.6 Å². The summed E-state index contributed by atoms with van der Waals surface area (Å²) in [5, 5.41) is 3.13. The van der Waals surface area contributed by atoms with Crippen molar-refractivity contribution in [3.63, 3.8) is 0 Å². The lowest BCUT2D eigenvalue weighted by Crippen LogP contribution is -2.53. The summed E-state index contributed by atoms with van der Waals surface area (Å²) in [5.41, 5.74) is 1.42. The second kappa shape index (κ2) is 13.4. The third-order valence-corrected chi connectivity index (χ3v) is 9.05. The number of nitrogens with one attached hydrogen (secondary N) is 1. The zero-order valence-corrected chi connectivity index (χ0v) is 23.2. The van der Waals surface area contributed by atoms with E-state index in [1.54, 1.807) is 55.5 Å². The van der Waals surface area contributed by atoms with E-state index >= 15 is 0 Å². The molecule has 1 N–H and O–H groups in total. The fraction of sp³-hybridized carbons (Fsp3) is 0.355. The Labute approximate surface area is 231 Å². The van der Waals surface area contributed by atoms with Gasteiger partial charge in [0.1, 0.15) is 12.6 Å². The number of rotatable bonds is 11. The minimum absolute atomic E-state index is 0.0978. The molecule has 1 saturated carbocycles. The quantitative estimate of drug-likeness (QED) is 0.374. The van der Waals surface area contributed by atoms with Crippen LogP contribution in [0.1, 0.15) is 44.6 Å². The number of sulfonamides is 1. The molecule has 0 aliphatic heterocycles. The van der Waals surface area contributed by atoms with Crippen LogP contribution < -0.4 is 9.62 Å². The van der Waals surface area contributed by atoms with E-state index in [2.05, 4.69) is 5.32 Å². The molecule has 3 aromatic rings. The molecule has 1 atom stereocenters. The van der Waals surface area contributed by atoms with Gasteiger partial charge in [-0.15, -0.1) is 0 Å². The first kappa shape index (κ1) is 28.4. The Morgan fingerprint density at radius 2 is 1.41 bits per heavy atom. The van der Waals surface area contributed by atoms with Crippen molar-refractivity contribution in [1.29, 1.82) is 0 Å². The van der Waals surface area contributed by atoms with Gasteiger partial charge in [0.05, 0.1) is 10.6 Å². The summed E-state index contributed by atoms with van der Waals surface area (Å²) >= 11 is 0. The molecule has 0 bridgehead atoms. The molecule has 206 valence electrons. The van der Waals surface area contributed by atoms with E-state index in [1.165, 1.54) is 23.5 Å². The third kappa shape index (κ3) is 7.47. The van der Waals surface area contributed by atoms with Crippen LogP contribution in [0.15, 0.2) is 95.9 Å². The first-order valence-electron chi connectivity index (χ1n) is 13.6.